The van der Waals surface area contributed by atoms with Crippen molar-refractivity contribution in [2.75, 3.05) is 6.54 Å². The highest BCUT2D eigenvalue weighted by atomic mass is 16.1. The van der Waals surface area contributed by atoms with Gasteiger partial charge < -0.3 is 15.2 Å². The molecule has 0 saturated heterocycles. The standard InChI is InChI=1S/C14H26N4O/c1-5-6-7-16-13(19)11-18-9-8-15-12(18)10-17-14(2,3)4/h8-9,17H,5-7,10-11H2,1-4H3,(H,16,19). The lowest BCUT2D eigenvalue weighted by molar-refractivity contribution is -0.121. The highest BCUT2D eigenvalue weighted by molar-refractivity contribution is 5.75. The number of imidazole rings is 1. The van der Waals surface area contributed by atoms with E-state index in [1.807, 2.05) is 10.8 Å². The van der Waals surface area contributed by atoms with Crippen molar-refractivity contribution in [3.05, 3.63) is 18.2 Å². The molecule has 0 saturated carbocycles. The number of aromatic nitrogens is 2. The van der Waals surface area contributed by atoms with Crippen LogP contribution in [0, 0.1) is 0 Å². The Bertz CT molecular complexity index is 392. The minimum absolute atomic E-state index is 0.0418. The van der Waals surface area contributed by atoms with Crippen molar-refractivity contribution in [2.45, 2.75) is 59.2 Å². The van der Waals surface area contributed by atoms with E-state index in [0.29, 0.717) is 13.1 Å². The largest absolute Gasteiger partial charge is 0.355 e. The molecule has 0 bridgehead atoms. The van der Waals surface area contributed by atoms with E-state index in [4.69, 9.17) is 0 Å². The second kappa shape index (κ2) is 7.28. The number of rotatable bonds is 7. The zero-order valence-corrected chi connectivity index (χ0v) is 12.5. The van der Waals surface area contributed by atoms with Gasteiger partial charge in [-0.1, -0.05) is 13.3 Å². The molecule has 5 nitrogen and oxygen atoms in total. The predicted molar refractivity (Wildman–Crippen MR) is 76.7 cm³/mol. The first-order valence-corrected chi connectivity index (χ1v) is 6.94. The third-order valence-corrected chi connectivity index (χ3v) is 2.74. The van der Waals surface area contributed by atoms with Crippen LogP contribution in [0.1, 0.15) is 46.4 Å². The molecule has 0 spiro atoms. The van der Waals surface area contributed by atoms with Gasteiger partial charge >= 0.3 is 0 Å². The number of unbranched alkanes of at least 4 members (excludes halogenated alkanes) is 1. The lowest BCUT2D eigenvalue weighted by Crippen LogP contribution is -2.36. The fourth-order valence-corrected chi connectivity index (χ4v) is 1.61. The molecule has 1 aromatic rings. The Labute approximate surface area is 115 Å². The molecular formula is C14H26N4O. The van der Waals surface area contributed by atoms with Gasteiger partial charge in [-0.2, -0.15) is 0 Å². The van der Waals surface area contributed by atoms with E-state index < -0.39 is 0 Å². The molecule has 0 fully saturated rings. The molecule has 0 aliphatic rings. The SMILES string of the molecule is CCCCNC(=O)Cn1ccnc1CNC(C)(C)C. The summed E-state index contributed by atoms with van der Waals surface area (Å²) < 4.78 is 1.89. The first kappa shape index (κ1) is 15.7. The van der Waals surface area contributed by atoms with E-state index in [9.17, 15) is 4.79 Å². The minimum atomic E-state index is 0.0418. The van der Waals surface area contributed by atoms with E-state index in [-0.39, 0.29) is 11.4 Å². The maximum atomic E-state index is 11.8. The molecule has 2 N–H and O–H groups in total. The van der Waals surface area contributed by atoms with Crippen LogP contribution in [-0.2, 0) is 17.9 Å². The molecule has 0 radical (unpaired) electrons. The first-order chi connectivity index (χ1) is 8.92. The summed E-state index contributed by atoms with van der Waals surface area (Å²) in [4.78, 5) is 16.0. The van der Waals surface area contributed by atoms with Gasteiger partial charge in [0.1, 0.15) is 12.4 Å². The van der Waals surface area contributed by atoms with Gasteiger partial charge in [-0.3, -0.25) is 4.79 Å². The van der Waals surface area contributed by atoms with Crippen LogP contribution in [0.2, 0.25) is 0 Å². The Hall–Kier alpha value is -1.36. The molecule has 0 aliphatic carbocycles. The first-order valence-electron chi connectivity index (χ1n) is 6.94. The molecular weight excluding hydrogens is 240 g/mol. The van der Waals surface area contributed by atoms with Crippen molar-refractivity contribution in [3.63, 3.8) is 0 Å². The third-order valence-electron chi connectivity index (χ3n) is 2.74. The maximum absolute atomic E-state index is 11.8. The quantitative estimate of drug-likeness (QED) is 0.738. The Morgan fingerprint density at radius 1 is 1.42 bits per heavy atom. The average molecular weight is 266 g/mol. The summed E-state index contributed by atoms with van der Waals surface area (Å²) in [5, 5.41) is 6.29. The number of hydrogen-bond acceptors (Lipinski definition) is 3. The Kier molecular flexibility index (Phi) is 6.02. The molecule has 1 rings (SSSR count). The fourth-order valence-electron chi connectivity index (χ4n) is 1.61. The molecule has 5 heteroatoms. The van der Waals surface area contributed by atoms with E-state index >= 15 is 0 Å². The number of nitrogens with one attached hydrogen (secondary N) is 2. The van der Waals surface area contributed by atoms with Crippen molar-refractivity contribution in [2.24, 2.45) is 0 Å². The van der Waals surface area contributed by atoms with Crippen molar-refractivity contribution in [1.29, 1.82) is 0 Å². The van der Waals surface area contributed by atoms with Crippen LogP contribution in [0.4, 0.5) is 0 Å². The zero-order valence-electron chi connectivity index (χ0n) is 12.5. The molecule has 0 unspecified atom stereocenters. The van der Waals surface area contributed by atoms with Crippen LogP contribution in [0.25, 0.3) is 0 Å². The van der Waals surface area contributed by atoms with Crippen LogP contribution in [0.15, 0.2) is 12.4 Å². The Balaban J connectivity index is 2.46. The summed E-state index contributed by atoms with van der Waals surface area (Å²) in [5.41, 5.74) is 0.0418. The molecule has 108 valence electrons. The molecule has 0 atom stereocenters. The van der Waals surface area contributed by atoms with Crippen molar-refractivity contribution < 1.29 is 4.79 Å². The summed E-state index contributed by atoms with van der Waals surface area (Å²) in [7, 11) is 0. The van der Waals surface area contributed by atoms with E-state index in [0.717, 1.165) is 25.2 Å². The summed E-state index contributed by atoms with van der Waals surface area (Å²) in [6, 6.07) is 0. The zero-order chi connectivity index (χ0) is 14.3. The van der Waals surface area contributed by atoms with Gasteiger partial charge in [0.05, 0.1) is 6.54 Å². The monoisotopic (exact) mass is 266 g/mol. The van der Waals surface area contributed by atoms with Gasteiger partial charge in [0.2, 0.25) is 5.91 Å². The molecule has 0 aromatic carbocycles. The minimum Gasteiger partial charge on any atom is -0.355 e. The van der Waals surface area contributed by atoms with Gasteiger partial charge in [0, 0.05) is 24.5 Å². The predicted octanol–water partition coefficient (Wildman–Crippen LogP) is 1.69. The summed E-state index contributed by atoms with van der Waals surface area (Å²) >= 11 is 0. The van der Waals surface area contributed by atoms with Gasteiger partial charge in [-0.05, 0) is 27.2 Å². The highest BCUT2D eigenvalue weighted by Crippen LogP contribution is 2.03. The second-order valence-electron chi connectivity index (χ2n) is 5.78. The van der Waals surface area contributed by atoms with Gasteiger partial charge in [-0.15, -0.1) is 0 Å². The summed E-state index contributed by atoms with van der Waals surface area (Å²) in [6.45, 7) is 10.2. The third kappa shape index (κ3) is 6.38. The molecule has 1 heterocycles. The van der Waals surface area contributed by atoms with Crippen LogP contribution < -0.4 is 10.6 Å². The average Bonchev–Trinajstić information content (AvgIpc) is 2.73. The van der Waals surface area contributed by atoms with E-state index in [2.05, 4.69) is 43.3 Å². The molecule has 19 heavy (non-hydrogen) atoms. The van der Waals surface area contributed by atoms with Crippen LogP contribution in [-0.4, -0.2) is 27.5 Å². The molecule has 0 aliphatic heterocycles. The Morgan fingerprint density at radius 2 is 2.16 bits per heavy atom. The number of carbonyl (C=O) groups excluding carboxylic acids is 1. The van der Waals surface area contributed by atoms with Crippen molar-refractivity contribution >= 4 is 5.91 Å². The van der Waals surface area contributed by atoms with Gasteiger partial charge in [-0.25, -0.2) is 4.98 Å². The van der Waals surface area contributed by atoms with Crippen molar-refractivity contribution in [3.8, 4) is 0 Å². The lowest BCUT2D eigenvalue weighted by atomic mass is 10.1. The number of nitrogens with zero attached hydrogens (tertiary/aromatic N) is 2. The Morgan fingerprint density at radius 3 is 2.79 bits per heavy atom. The number of hydrogen-bond donors (Lipinski definition) is 2. The highest BCUT2D eigenvalue weighted by Gasteiger charge is 2.12. The summed E-state index contributed by atoms with van der Waals surface area (Å²) in [6.07, 6.45) is 5.69. The van der Waals surface area contributed by atoms with E-state index in [1.165, 1.54) is 0 Å². The van der Waals surface area contributed by atoms with Gasteiger partial charge in [0.15, 0.2) is 0 Å². The normalized spacial score (nSPS) is 11.6. The van der Waals surface area contributed by atoms with Gasteiger partial charge in [0.25, 0.3) is 0 Å². The molecule has 1 aromatic heterocycles. The van der Waals surface area contributed by atoms with Crippen LogP contribution >= 0.6 is 0 Å². The topological polar surface area (TPSA) is 59.0 Å². The molecule has 1 amide bonds. The lowest BCUT2D eigenvalue weighted by Gasteiger charge is -2.20. The van der Waals surface area contributed by atoms with Crippen LogP contribution in [0.5, 0.6) is 0 Å². The maximum Gasteiger partial charge on any atom is 0.239 e. The van der Waals surface area contributed by atoms with E-state index in [1.54, 1.807) is 6.20 Å². The number of carbonyl (C=O) groups is 1. The fraction of sp³-hybridized carbons (Fsp3) is 0.714. The van der Waals surface area contributed by atoms with Crippen LogP contribution in [0.3, 0.4) is 0 Å². The second-order valence-corrected chi connectivity index (χ2v) is 5.78. The van der Waals surface area contributed by atoms with Crippen molar-refractivity contribution in [1.82, 2.24) is 20.2 Å². The smallest absolute Gasteiger partial charge is 0.239 e. The summed E-state index contributed by atoms with van der Waals surface area (Å²) in [5.74, 6) is 0.934. The number of amides is 1.